The van der Waals surface area contributed by atoms with Crippen LogP contribution in [0, 0.1) is 5.92 Å². The van der Waals surface area contributed by atoms with Gasteiger partial charge in [-0.3, -0.25) is 4.79 Å². The third-order valence-corrected chi connectivity index (χ3v) is 5.29. The Balaban J connectivity index is 1.33. The highest BCUT2D eigenvalue weighted by Crippen LogP contribution is 2.23. The van der Waals surface area contributed by atoms with Crippen LogP contribution in [0.5, 0.6) is 0 Å². The van der Waals surface area contributed by atoms with Gasteiger partial charge in [-0.05, 0) is 49.1 Å². The van der Waals surface area contributed by atoms with Crippen molar-refractivity contribution in [1.82, 2.24) is 20.3 Å². The maximum absolute atomic E-state index is 12.6. The number of rotatable bonds is 5. The lowest BCUT2D eigenvalue weighted by atomic mass is 9.97. The SMILES string of the molecule is O=C(NCCc1c[nH]c2ccc(Cl)cc12)C1CCCN(c2ncccn2)C1. The molecule has 0 radical (unpaired) electrons. The molecule has 0 saturated carbocycles. The summed E-state index contributed by atoms with van der Waals surface area (Å²) in [6.45, 7) is 2.17. The van der Waals surface area contributed by atoms with E-state index in [2.05, 4.69) is 25.2 Å². The third-order valence-electron chi connectivity index (χ3n) is 5.05. The minimum Gasteiger partial charge on any atom is -0.361 e. The Morgan fingerprint density at radius 2 is 2.19 bits per heavy atom. The highest BCUT2D eigenvalue weighted by Gasteiger charge is 2.26. The normalized spacial score (nSPS) is 17.2. The largest absolute Gasteiger partial charge is 0.361 e. The molecule has 0 spiro atoms. The first-order chi connectivity index (χ1) is 13.2. The van der Waals surface area contributed by atoms with Crippen molar-refractivity contribution in [3.63, 3.8) is 0 Å². The molecule has 4 rings (SSSR count). The molecule has 1 aliphatic rings. The van der Waals surface area contributed by atoms with Crippen LogP contribution >= 0.6 is 11.6 Å². The summed E-state index contributed by atoms with van der Waals surface area (Å²) >= 11 is 6.10. The number of hydrogen-bond donors (Lipinski definition) is 2. The highest BCUT2D eigenvalue weighted by atomic mass is 35.5. The Hall–Kier alpha value is -2.60. The molecule has 0 bridgehead atoms. The lowest BCUT2D eigenvalue weighted by molar-refractivity contribution is -0.125. The van der Waals surface area contributed by atoms with Crippen molar-refractivity contribution in [1.29, 1.82) is 0 Å². The van der Waals surface area contributed by atoms with Gasteiger partial charge in [-0.25, -0.2) is 9.97 Å². The van der Waals surface area contributed by atoms with Crippen molar-refractivity contribution in [2.45, 2.75) is 19.3 Å². The molecule has 0 aliphatic carbocycles. The van der Waals surface area contributed by atoms with E-state index in [0.29, 0.717) is 19.0 Å². The first-order valence-electron chi connectivity index (χ1n) is 9.26. The number of benzene rings is 1. The third kappa shape index (κ3) is 4.06. The minimum atomic E-state index is -0.0278. The monoisotopic (exact) mass is 383 g/mol. The number of amides is 1. The smallest absolute Gasteiger partial charge is 0.225 e. The Kier molecular flexibility index (Phi) is 5.25. The molecule has 3 aromatic rings. The van der Waals surface area contributed by atoms with E-state index in [1.165, 1.54) is 0 Å². The fourth-order valence-corrected chi connectivity index (χ4v) is 3.82. The van der Waals surface area contributed by atoms with Crippen molar-refractivity contribution in [2.75, 3.05) is 24.5 Å². The molecule has 1 amide bonds. The van der Waals surface area contributed by atoms with Crippen LogP contribution in [0.15, 0.2) is 42.9 Å². The van der Waals surface area contributed by atoms with Gasteiger partial charge in [-0.2, -0.15) is 0 Å². The second-order valence-corrected chi connectivity index (χ2v) is 7.32. The number of nitrogens with one attached hydrogen (secondary N) is 2. The van der Waals surface area contributed by atoms with Crippen LogP contribution in [0.4, 0.5) is 5.95 Å². The number of nitrogens with zero attached hydrogens (tertiary/aromatic N) is 3. The van der Waals surface area contributed by atoms with Crippen LogP contribution in [0.2, 0.25) is 5.02 Å². The van der Waals surface area contributed by atoms with E-state index in [0.717, 1.165) is 47.3 Å². The first-order valence-corrected chi connectivity index (χ1v) is 9.64. The fraction of sp³-hybridized carbons (Fsp3) is 0.350. The summed E-state index contributed by atoms with van der Waals surface area (Å²) in [4.78, 5) is 26.5. The topological polar surface area (TPSA) is 73.9 Å². The van der Waals surface area contributed by atoms with E-state index in [1.807, 2.05) is 24.4 Å². The Morgan fingerprint density at radius 3 is 3.04 bits per heavy atom. The predicted octanol–water partition coefficient (Wildman–Crippen LogP) is 3.19. The highest BCUT2D eigenvalue weighted by molar-refractivity contribution is 6.31. The summed E-state index contributed by atoms with van der Waals surface area (Å²) in [6, 6.07) is 7.61. The van der Waals surface area contributed by atoms with E-state index in [-0.39, 0.29) is 11.8 Å². The molecule has 7 heteroatoms. The van der Waals surface area contributed by atoms with E-state index in [1.54, 1.807) is 18.5 Å². The van der Waals surface area contributed by atoms with Gasteiger partial charge >= 0.3 is 0 Å². The molecule has 1 unspecified atom stereocenters. The number of H-pyrrole nitrogens is 1. The maximum Gasteiger partial charge on any atom is 0.225 e. The molecule has 1 aromatic carbocycles. The van der Waals surface area contributed by atoms with Crippen LogP contribution in [-0.2, 0) is 11.2 Å². The van der Waals surface area contributed by atoms with Crippen LogP contribution in [-0.4, -0.2) is 40.5 Å². The van der Waals surface area contributed by atoms with Gasteiger partial charge in [0.05, 0.1) is 5.92 Å². The van der Waals surface area contributed by atoms with Gasteiger partial charge in [0.15, 0.2) is 0 Å². The zero-order chi connectivity index (χ0) is 18.6. The lowest BCUT2D eigenvalue weighted by Crippen LogP contribution is -2.44. The van der Waals surface area contributed by atoms with E-state index in [9.17, 15) is 4.79 Å². The molecule has 1 saturated heterocycles. The summed E-state index contributed by atoms with van der Waals surface area (Å²) in [5.41, 5.74) is 2.22. The molecule has 1 aliphatic heterocycles. The van der Waals surface area contributed by atoms with Gasteiger partial charge in [0, 0.05) is 54.2 Å². The van der Waals surface area contributed by atoms with Crippen molar-refractivity contribution in [3.05, 3.63) is 53.4 Å². The number of fused-ring (bicyclic) bond motifs is 1. The van der Waals surface area contributed by atoms with Crippen molar-refractivity contribution < 1.29 is 4.79 Å². The van der Waals surface area contributed by atoms with Crippen molar-refractivity contribution >= 4 is 34.4 Å². The lowest BCUT2D eigenvalue weighted by Gasteiger charge is -2.31. The maximum atomic E-state index is 12.6. The zero-order valence-corrected chi connectivity index (χ0v) is 15.7. The Bertz CT molecular complexity index is 927. The van der Waals surface area contributed by atoms with E-state index >= 15 is 0 Å². The molecule has 1 atom stereocenters. The van der Waals surface area contributed by atoms with Gasteiger partial charge in [-0.1, -0.05) is 11.6 Å². The molecule has 1 fully saturated rings. The summed E-state index contributed by atoms with van der Waals surface area (Å²) in [7, 11) is 0. The quantitative estimate of drug-likeness (QED) is 0.709. The van der Waals surface area contributed by atoms with Crippen molar-refractivity contribution in [2.24, 2.45) is 5.92 Å². The minimum absolute atomic E-state index is 0.0278. The average Bonchev–Trinajstić information content (AvgIpc) is 3.11. The molecule has 140 valence electrons. The van der Waals surface area contributed by atoms with Gasteiger partial charge < -0.3 is 15.2 Å². The number of aromatic nitrogens is 3. The van der Waals surface area contributed by atoms with E-state index in [4.69, 9.17) is 11.6 Å². The second-order valence-electron chi connectivity index (χ2n) is 6.88. The number of aromatic amines is 1. The van der Waals surface area contributed by atoms with E-state index < -0.39 is 0 Å². The summed E-state index contributed by atoms with van der Waals surface area (Å²) in [5.74, 6) is 0.777. The predicted molar refractivity (Wildman–Crippen MR) is 107 cm³/mol. The van der Waals surface area contributed by atoms with Gasteiger partial charge in [-0.15, -0.1) is 0 Å². The average molecular weight is 384 g/mol. The number of hydrogen-bond acceptors (Lipinski definition) is 4. The molecule has 3 heterocycles. The van der Waals surface area contributed by atoms with Crippen LogP contribution in [0.25, 0.3) is 10.9 Å². The summed E-state index contributed by atoms with van der Waals surface area (Å²) < 4.78 is 0. The standard InChI is InChI=1S/C20H22ClN5O/c21-16-4-5-18-17(11-16)14(12-25-18)6-9-22-19(27)15-3-1-10-26(13-15)20-23-7-2-8-24-20/h2,4-5,7-8,11-12,15,25H,1,3,6,9-10,13H2,(H,22,27). The summed E-state index contributed by atoms with van der Waals surface area (Å²) in [5, 5.41) is 4.92. The molecule has 6 nitrogen and oxygen atoms in total. The van der Waals surface area contributed by atoms with Crippen molar-refractivity contribution in [3.8, 4) is 0 Å². The number of carbonyl (C=O) groups excluding carboxylic acids is 1. The Morgan fingerprint density at radius 1 is 1.33 bits per heavy atom. The molecule has 2 N–H and O–H groups in total. The first kappa shape index (κ1) is 17.8. The Labute approximate surface area is 163 Å². The molecule has 2 aromatic heterocycles. The fourth-order valence-electron chi connectivity index (χ4n) is 3.65. The van der Waals surface area contributed by atoms with Crippen LogP contribution in [0.1, 0.15) is 18.4 Å². The zero-order valence-electron chi connectivity index (χ0n) is 15.0. The molecular formula is C20H22ClN5O. The number of anilines is 1. The number of halogens is 1. The van der Waals surface area contributed by atoms with Crippen LogP contribution in [0.3, 0.4) is 0 Å². The molecular weight excluding hydrogens is 362 g/mol. The van der Waals surface area contributed by atoms with Gasteiger partial charge in [0.25, 0.3) is 0 Å². The van der Waals surface area contributed by atoms with Crippen LogP contribution < -0.4 is 10.2 Å². The summed E-state index contributed by atoms with van der Waals surface area (Å²) in [6.07, 6.45) is 8.10. The second kappa shape index (κ2) is 7.96. The van der Waals surface area contributed by atoms with Gasteiger partial charge in [0.1, 0.15) is 0 Å². The number of piperidine rings is 1. The number of carbonyl (C=O) groups is 1. The molecule has 27 heavy (non-hydrogen) atoms. The van der Waals surface area contributed by atoms with Gasteiger partial charge in [0.2, 0.25) is 11.9 Å².